The van der Waals surface area contributed by atoms with E-state index in [-0.39, 0.29) is 16.2 Å². The Morgan fingerprint density at radius 2 is 1.77 bits per heavy atom. The van der Waals surface area contributed by atoms with Gasteiger partial charge in [0.05, 0.1) is 15.8 Å². The number of amides is 1. The minimum Gasteiger partial charge on any atom is -0.444 e. The van der Waals surface area contributed by atoms with Crippen LogP contribution in [0.15, 0.2) is 40.1 Å². The fourth-order valence-corrected chi connectivity index (χ4v) is 4.11. The summed E-state index contributed by atoms with van der Waals surface area (Å²) in [6, 6.07) is 5.34. The largest absolute Gasteiger partial charge is 0.444 e. The minimum atomic E-state index is -3.84. The third-order valence-electron chi connectivity index (χ3n) is 3.92. The van der Waals surface area contributed by atoms with E-state index in [2.05, 4.69) is 5.32 Å². The van der Waals surface area contributed by atoms with Crippen LogP contribution in [0.1, 0.15) is 32.8 Å². The average molecular weight is 383 g/mol. The van der Waals surface area contributed by atoms with Crippen molar-refractivity contribution in [2.75, 3.05) is 0 Å². The first-order chi connectivity index (χ1) is 11.9. The molecular weight excluding hydrogens is 358 g/mol. The summed E-state index contributed by atoms with van der Waals surface area (Å²) in [5, 5.41) is 22.6. The molecule has 0 heterocycles. The number of alkyl carbamates (subject to hydrolysis) is 1. The van der Waals surface area contributed by atoms with E-state index >= 15 is 0 Å². The van der Waals surface area contributed by atoms with Gasteiger partial charge in [0.2, 0.25) is 9.84 Å². The number of rotatable bonds is 3. The number of sulfone groups is 1. The smallest absolute Gasteiger partial charge is 0.407 e. The standard InChI is InChI=1S/C18H25NO6S/c1-11-5-7-12(8-6-11)26(23,24)13-9-14(16(21)15(20)10-13)19-17(22)25-18(2,3)4/h5-8,10,14-16,20-21H,9H2,1-4H3,(H,19,22)/t14-,15+,16-/m1/s1. The maximum Gasteiger partial charge on any atom is 0.407 e. The van der Waals surface area contributed by atoms with Crippen LogP contribution in [-0.2, 0) is 14.6 Å². The molecule has 0 saturated carbocycles. The van der Waals surface area contributed by atoms with Gasteiger partial charge in [-0.15, -0.1) is 0 Å². The zero-order chi connectivity index (χ0) is 19.7. The van der Waals surface area contributed by atoms with Crippen molar-refractivity contribution in [3.63, 3.8) is 0 Å². The Kier molecular flexibility index (Phi) is 5.79. The highest BCUT2D eigenvalue weighted by molar-refractivity contribution is 7.95. The zero-order valence-corrected chi connectivity index (χ0v) is 16.1. The van der Waals surface area contributed by atoms with Gasteiger partial charge in [-0.25, -0.2) is 13.2 Å². The van der Waals surface area contributed by atoms with Crippen molar-refractivity contribution >= 4 is 15.9 Å². The number of aryl methyl sites for hydroxylation is 1. The zero-order valence-electron chi connectivity index (χ0n) is 15.3. The molecule has 0 radical (unpaired) electrons. The van der Waals surface area contributed by atoms with Gasteiger partial charge in [0.1, 0.15) is 17.8 Å². The van der Waals surface area contributed by atoms with Crippen molar-refractivity contribution < 1.29 is 28.2 Å². The molecule has 0 unspecified atom stereocenters. The van der Waals surface area contributed by atoms with Crippen molar-refractivity contribution in [2.24, 2.45) is 0 Å². The molecule has 2 rings (SSSR count). The molecule has 144 valence electrons. The molecule has 0 aliphatic heterocycles. The van der Waals surface area contributed by atoms with Crippen LogP contribution in [0.4, 0.5) is 4.79 Å². The number of carbonyl (C=O) groups excluding carboxylic acids is 1. The van der Waals surface area contributed by atoms with Crippen molar-refractivity contribution in [3.05, 3.63) is 40.8 Å². The molecule has 1 aliphatic rings. The average Bonchev–Trinajstić information content (AvgIpc) is 2.50. The van der Waals surface area contributed by atoms with Gasteiger partial charge in [0.15, 0.2) is 0 Å². The predicted molar refractivity (Wildman–Crippen MR) is 96.2 cm³/mol. The second kappa shape index (κ2) is 7.38. The lowest BCUT2D eigenvalue weighted by Gasteiger charge is -2.32. The highest BCUT2D eigenvalue weighted by Gasteiger charge is 2.37. The second-order valence-electron chi connectivity index (χ2n) is 7.39. The van der Waals surface area contributed by atoms with Gasteiger partial charge >= 0.3 is 6.09 Å². The summed E-state index contributed by atoms with van der Waals surface area (Å²) in [5.74, 6) is 0. The van der Waals surface area contributed by atoms with Crippen LogP contribution in [0.5, 0.6) is 0 Å². The number of nitrogens with one attached hydrogen (secondary N) is 1. The van der Waals surface area contributed by atoms with Crippen LogP contribution >= 0.6 is 0 Å². The molecule has 1 amide bonds. The molecule has 1 aromatic rings. The third-order valence-corrected chi connectivity index (χ3v) is 5.80. The minimum absolute atomic E-state index is 0.0554. The molecule has 0 spiro atoms. The van der Waals surface area contributed by atoms with Gasteiger partial charge in [0, 0.05) is 6.42 Å². The fourth-order valence-electron chi connectivity index (χ4n) is 2.60. The molecule has 3 atom stereocenters. The summed E-state index contributed by atoms with van der Waals surface area (Å²) in [7, 11) is -3.84. The molecule has 0 bridgehead atoms. The van der Waals surface area contributed by atoms with Crippen molar-refractivity contribution in [1.82, 2.24) is 5.32 Å². The fraction of sp³-hybridized carbons (Fsp3) is 0.500. The van der Waals surface area contributed by atoms with E-state index in [0.29, 0.717) is 0 Å². The summed E-state index contributed by atoms with van der Waals surface area (Å²) >= 11 is 0. The van der Waals surface area contributed by atoms with Crippen LogP contribution in [0, 0.1) is 6.92 Å². The lowest BCUT2D eigenvalue weighted by Crippen LogP contribution is -2.51. The molecule has 26 heavy (non-hydrogen) atoms. The summed E-state index contributed by atoms with van der Waals surface area (Å²) in [6.45, 7) is 6.90. The van der Waals surface area contributed by atoms with E-state index in [9.17, 15) is 23.4 Å². The summed E-state index contributed by atoms with van der Waals surface area (Å²) in [5.41, 5.74) is 0.177. The van der Waals surface area contributed by atoms with Gasteiger partial charge < -0.3 is 20.3 Å². The van der Waals surface area contributed by atoms with Crippen LogP contribution in [-0.4, -0.2) is 48.6 Å². The summed E-state index contributed by atoms with van der Waals surface area (Å²) in [6.07, 6.45) is -2.57. The molecule has 0 aromatic heterocycles. The van der Waals surface area contributed by atoms with Crippen molar-refractivity contribution in [2.45, 2.75) is 62.9 Å². The molecular formula is C18H25NO6S. The molecule has 7 nitrogen and oxygen atoms in total. The Morgan fingerprint density at radius 1 is 1.19 bits per heavy atom. The topological polar surface area (TPSA) is 113 Å². The van der Waals surface area contributed by atoms with E-state index in [1.165, 1.54) is 12.1 Å². The number of hydrogen-bond donors (Lipinski definition) is 3. The van der Waals surface area contributed by atoms with Gasteiger partial charge in [0.25, 0.3) is 0 Å². The quantitative estimate of drug-likeness (QED) is 0.732. The van der Waals surface area contributed by atoms with Crippen molar-refractivity contribution in [3.8, 4) is 0 Å². The Labute approximate surface area is 153 Å². The first-order valence-corrected chi connectivity index (χ1v) is 9.76. The lowest BCUT2D eigenvalue weighted by molar-refractivity contribution is 0.00674. The van der Waals surface area contributed by atoms with Crippen LogP contribution in [0.2, 0.25) is 0 Å². The SMILES string of the molecule is Cc1ccc(S(=O)(=O)C2=C[C@H](O)[C@H](O)[C@H](NC(=O)OC(C)(C)C)C2)cc1. The maximum absolute atomic E-state index is 12.8. The van der Waals surface area contributed by atoms with Crippen LogP contribution in [0.3, 0.4) is 0 Å². The second-order valence-corrected chi connectivity index (χ2v) is 9.39. The maximum atomic E-state index is 12.8. The number of aliphatic hydroxyl groups is 2. The molecule has 0 fully saturated rings. The van der Waals surface area contributed by atoms with E-state index in [1.54, 1.807) is 32.9 Å². The van der Waals surface area contributed by atoms with Crippen LogP contribution in [0.25, 0.3) is 0 Å². The monoisotopic (exact) mass is 383 g/mol. The lowest BCUT2D eigenvalue weighted by atomic mass is 9.96. The third kappa shape index (κ3) is 4.84. The summed E-state index contributed by atoms with van der Waals surface area (Å²) < 4.78 is 30.7. The van der Waals surface area contributed by atoms with Gasteiger partial charge in [-0.2, -0.15) is 0 Å². The Bertz CT molecular complexity index is 792. The van der Waals surface area contributed by atoms with Crippen LogP contribution < -0.4 is 5.32 Å². The van der Waals surface area contributed by atoms with Gasteiger partial charge in [-0.1, -0.05) is 17.7 Å². The first kappa shape index (κ1) is 20.4. The van der Waals surface area contributed by atoms with Gasteiger partial charge in [-0.3, -0.25) is 0 Å². The number of ether oxygens (including phenoxy) is 1. The van der Waals surface area contributed by atoms with Crippen molar-refractivity contribution in [1.29, 1.82) is 0 Å². The molecule has 1 aromatic carbocycles. The van der Waals surface area contributed by atoms with E-state index < -0.39 is 39.8 Å². The highest BCUT2D eigenvalue weighted by Crippen LogP contribution is 2.29. The molecule has 1 aliphatic carbocycles. The Balaban J connectivity index is 2.24. The predicted octanol–water partition coefficient (Wildman–Crippen LogP) is 1.67. The number of hydrogen-bond acceptors (Lipinski definition) is 6. The normalized spacial score (nSPS) is 23.9. The molecule has 3 N–H and O–H groups in total. The van der Waals surface area contributed by atoms with E-state index in [4.69, 9.17) is 4.74 Å². The number of carbonyl (C=O) groups is 1. The van der Waals surface area contributed by atoms with E-state index in [1.807, 2.05) is 6.92 Å². The first-order valence-electron chi connectivity index (χ1n) is 8.28. The highest BCUT2D eigenvalue weighted by atomic mass is 32.2. The Hall–Kier alpha value is -1.90. The van der Waals surface area contributed by atoms with E-state index in [0.717, 1.165) is 11.6 Å². The molecule has 8 heteroatoms. The number of benzene rings is 1. The Morgan fingerprint density at radius 3 is 2.31 bits per heavy atom. The van der Waals surface area contributed by atoms with Gasteiger partial charge in [-0.05, 0) is 45.9 Å². The summed E-state index contributed by atoms with van der Waals surface area (Å²) in [4.78, 5) is 12.0. The number of aliphatic hydroxyl groups excluding tert-OH is 2. The molecule has 0 saturated heterocycles.